The molecule has 0 fully saturated rings. The Balaban J connectivity index is 1.74. The number of hydrogen-bond acceptors (Lipinski definition) is 4. The van der Waals surface area contributed by atoms with Gasteiger partial charge in [-0.15, -0.1) is 0 Å². The summed E-state index contributed by atoms with van der Waals surface area (Å²) < 4.78 is 5.73. The molecule has 3 rings (SSSR count). The van der Waals surface area contributed by atoms with E-state index in [1.807, 2.05) is 56.3 Å². The van der Waals surface area contributed by atoms with Crippen LogP contribution in [0.15, 0.2) is 42.5 Å². The minimum absolute atomic E-state index is 0.0723. The van der Waals surface area contributed by atoms with E-state index in [0.29, 0.717) is 16.5 Å². The van der Waals surface area contributed by atoms with E-state index in [-0.39, 0.29) is 12.5 Å². The lowest BCUT2D eigenvalue weighted by Crippen LogP contribution is -2.22. The maximum atomic E-state index is 12.5. The van der Waals surface area contributed by atoms with Crippen molar-refractivity contribution in [2.75, 3.05) is 29.9 Å². The maximum absolute atomic E-state index is 12.5. The molecule has 2 aromatic carbocycles. The monoisotopic (exact) mass is 411 g/mol. The Morgan fingerprint density at radius 2 is 1.90 bits per heavy atom. The van der Waals surface area contributed by atoms with Crippen molar-refractivity contribution in [2.45, 2.75) is 27.7 Å². The minimum Gasteiger partial charge on any atom is -0.484 e. The third kappa shape index (κ3) is 4.80. The minimum atomic E-state index is -0.224. The predicted molar refractivity (Wildman–Crippen MR) is 120 cm³/mol. The number of amides is 1. The fraction of sp³-hybridized carbons (Fsp3) is 0.304. The van der Waals surface area contributed by atoms with Gasteiger partial charge in [0.05, 0.1) is 11.2 Å². The van der Waals surface area contributed by atoms with Gasteiger partial charge in [-0.3, -0.25) is 9.78 Å². The van der Waals surface area contributed by atoms with Crippen molar-refractivity contribution in [2.24, 2.45) is 0 Å². The summed E-state index contributed by atoms with van der Waals surface area (Å²) in [6.45, 7) is 9.80. The average Bonchev–Trinajstić information content (AvgIpc) is 2.71. The highest BCUT2D eigenvalue weighted by molar-refractivity contribution is 6.32. The van der Waals surface area contributed by atoms with Gasteiger partial charge in [0.25, 0.3) is 5.91 Å². The number of halogens is 1. The number of ether oxygens (including phenoxy) is 1. The highest BCUT2D eigenvalue weighted by Crippen LogP contribution is 2.29. The number of aryl methyl sites for hydroxylation is 2. The van der Waals surface area contributed by atoms with Crippen molar-refractivity contribution in [3.8, 4) is 5.75 Å². The summed E-state index contributed by atoms with van der Waals surface area (Å²) >= 11 is 6.22. The first kappa shape index (κ1) is 20.9. The van der Waals surface area contributed by atoms with E-state index < -0.39 is 0 Å². The van der Waals surface area contributed by atoms with Crippen molar-refractivity contribution in [3.63, 3.8) is 0 Å². The molecule has 0 bridgehead atoms. The number of aromatic nitrogens is 1. The smallest absolute Gasteiger partial charge is 0.262 e. The third-order valence-electron chi connectivity index (χ3n) is 4.89. The number of anilines is 2. The molecule has 152 valence electrons. The van der Waals surface area contributed by atoms with Crippen LogP contribution in [0.5, 0.6) is 5.75 Å². The normalized spacial score (nSPS) is 10.8. The van der Waals surface area contributed by atoms with Crippen LogP contribution in [0.1, 0.15) is 25.1 Å². The van der Waals surface area contributed by atoms with Crippen LogP contribution in [0, 0.1) is 13.8 Å². The quantitative estimate of drug-likeness (QED) is 0.568. The molecule has 1 amide bonds. The van der Waals surface area contributed by atoms with Crippen LogP contribution in [-0.4, -0.2) is 30.6 Å². The highest BCUT2D eigenvalue weighted by atomic mass is 35.5. The highest BCUT2D eigenvalue weighted by Gasteiger charge is 2.12. The van der Waals surface area contributed by atoms with Gasteiger partial charge >= 0.3 is 0 Å². The zero-order chi connectivity index (χ0) is 21.0. The van der Waals surface area contributed by atoms with Crippen molar-refractivity contribution >= 4 is 39.8 Å². The van der Waals surface area contributed by atoms with Gasteiger partial charge in [-0.1, -0.05) is 17.7 Å². The number of fused-ring (bicyclic) bond motifs is 1. The first-order valence-corrected chi connectivity index (χ1v) is 10.1. The standard InChI is InChI=1S/C23H26ClN3O2/c1-5-27(6-2)17-8-7-9-18(13-17)29-14-22(28)26-21-12-15(3)25-23-16(4)20(24)11-10-19(21)23/h7-13H,5-6,14H2,1-4H3,(H,25,26,28). The molecule has 1 aromatic heterocycles. The van der Waals surface area contributed by atoms with Crippen molar-refractivity contribution in [3.05, 3.63) is 58.7 Å². The van der Waals surface area contributed by atoms with Gasteiger partial charge in [0.1, 0.15) is 5.75 Å². The molecule has 0 unspecified atom stereocenters. The first-order chi connectivity index (χ1) is 13.9. The summed E-state index contributed by atoms with van der Waals surface area (Å²) in [7, 11) is 0. The van der Waals surface area contributed by atoms with Crippen LogP contribution in [0.2, 0.25) is 5.02 Å². The Hall–Kier alpha value is -2.79. The molecule has 3 aromatic rings. The topological polar surface area (TPSA) is 54.5 Å². The van der Waals surface area contributed by atoms with E-state index in [1.165, 1.54) is 0 Å². The molecule has 1 heterocycles. The van der Waals surface area contributed by atoms with Crippen LogP contribution in [0.3, 0.4) is 0 Å². The van der Waals surface area contributed by atoms with E-state index in [1.54, 1.807) is 0 Å². The van der Waals surface area contributed by atoms with Gasteiger partial charge in [0, 0.05) is 40.9 Å². The van der Waals surface area contributed by atoms with Gasteiger partial charge in [-0.2, -0.15) is 0 Å². The lowest BCUT2D eigenvalue weighted by molar-refractivity contribution is -0.118. The van der Waals surface area contributed by atoms with Gasteiger partial charge in [-0.05, 0) is 63.6 Å². The summed E-state index contributed by atoms with van der Waals surface area (Å²) in [4.78, 5) is 19.3. The van der Waals surface area contributed by atoms with Crippen LogP contribution >= 0.6 is 11.6 Å². The summed E-state index contributed by atoms with van der Waals surface area (Å²) in [6.07, 6.45) is 0. The number of benzene rings is 2. The van der Waals surface area contributed by atoms with Crippen molar-refractivity contribution in [1.29, 1.82) is 0 Å². The van der Waals surface area contributed by atoms with Crippen LogP contribution in [-0.2, 0) is 4.79 Å². The Labute approximate surface area is 176 Å². The van der Waals surface area contributed by atoms with Gasteiger partial charge < -0.3 is 15.0 Å². The maximum Gasteiger partial charge on any atom is 0.262 e. The molecule has 0 saturated heterocycles. The largest absolute Gasteiger partial charge is 0.484 e. The Kier molecular flexibility index (Phi) is 6.60. The molecule has 0 aliphatic heterocycles. The Morgan fingerprint density at radius 3 is 2.62 bits per heavy atom. The average molecular weight is 412 g/mol. The van der Waals surface area contributed by atoms with Crippen LogP contribution in [0.25, 0.3) is 10.9 Å². The van der Waals surface area contributed by atoms with Crippen LogP contribution in [0.4, 0.5) is 11.4 Å². The Bertz CT molecular complexity index is 1030. The fourth-order valence-corrected chi connectivity index (χ4v) is 3.48. The zero-order valence-electron chi connectivity index (χ0n) is 17.3. The second-order valence-electron chi connectivity index (χ2n) is 6.89. The number of carbonyl (C=O) groups excluding carboxylic acids is 1. The molecule has 0 radical (unpaired) electrons. The summed E-state index contributed by atoms with van der Waals surface area (Å²) in [5, 5.41) is 4.46. The lowest BCUT2D eigenvalue weighted by atomic mass is 10.1. The lowest BCUT2D eigenvalue weighted by Gasteiger charge is -2.21. The molecular formula is C23H26ClN3O2. The molecule has 0 spiro atoms. The van der Waals surface area contributed by atoms with Gasteiger partial charge in [0.2, 0.25) is 0 Å². The molecule has 5 nitrogen and oxygen atoms in total. The summed E-state index contributed by atoms with van der Waals surface area (Å²) in [5.41, 5.74) is 4.29. The van der Waals surface area contributed by atoms with E-state index in [9.17, 15) is 4.79 Å². The second kappa shape index (κ2) is 9.14. The molecule has 29 heavy (non-hydrogen) atoms. The van der Waals surface area contributed by atoms with E-state index in [2.05, 4.69) is 29.0 Å². The Morgan fingerprint density at radius 1 is 1.14 bits per heavy atom. The summed E-state index contributed by atoms with van der Waals surface area (Å²) in [6, 6.07) is 13.3. The number of hydrogen-bond donors (Lipinski definition) is 1. The molecular weight excluding hydrogens is 386 g/mol. The second-order valence-corrected chi connectivity index (χ2v) is 7.29. The predicted octanol–water partition coefficient (Wildman–Crippen LogP) is 5.37. The number of carbonyl (C=O) groups is 1. The molecule has 0 aliphatic rings. The summed E-state index contributed by atoms with van der Waals surface area (Å²) in [5.74, 6) is 0.445. The molecule has 0 aliphatic carbocycles. The van der Waals surface area contributed by atoms with Crippen molar-refractivity contribution in [1.82, 2.24) is 4.98 Å². The molecule has 6 heteroatoms. The molecule has 1 N–H and O–H groups in total. The molecule has 0 saturated carbocycles. The number of pyridine rings is 1. The van der Waals surface area contributed by atoms with E-state index in [0.717, 1.165) is 40.9 Å². The number of nitrogens with one attached hydrogen (secondary N) is 1. The van der Waals surface area contributed by atoms with E-state index >= 15 is 0 Å². The zero-order valence-corrected chi connectivity index (χ0v) is 18.0. The third-order valence-corrected chi connectivity index (χ3v) is 5.30. The number of rotatable bonds is 7. The molecule has 0 atom stereocenters. The first-order valence-electron chi connectivity index (χ1n) is 9.77. The van der Waals surface area contributed by atoms with Crippen molar-refractivity contribution < 1.29 is 9.53 Å². The van der Waals surface area contributed by atoms with Crippen LogP contribution < -0.4 is 15.0 Å². The van der Waals surface area contributed by atoms with Gasteiger partial charge in [-0.25, -0.2) is 0 Å². The fourth-order valence-electron chi connectivity index (χ4n) is 3.33. The van der Waals surface area contributed by atoms with E-state index in [4.69, 9.17) is 16.3 Å². The SMILES string of the molecule is CCN(CC)c1cccc(OCC(=O)Nc2cc(C)nc3c(C)c(Cl)ccc23)c1. The number of nitrogens with zero attached hydrogens (tertiary/aromatic N) is 2. The van der Waals surface area contributed by atoms with Gasteiger partial charge in [0.15, 0.2) is 6.61 Å².